The minimum atomic E-state index is -1.89. The molecule has 218 valence electrons. The van der Waals surface area contributed by atoms with Crippen LogP contribution in [0.4, 0.5) is 0 Å². The molecule has 0 N–H and O–H groups in total. The number of fused-ring (bicyclic) bond motifs is 1. The summed E-state index contributed by atoms with van der Waals surface area (Å²) in [6.07, 6.45) is 4.26. The van der Waals surface area contributed by atoms with Crippen LogP contribution < -0.4 is 0 Å². The third-order valence-electron chi connectivity index (χ3n) is 6.84. The van der Waals surface area contributed by atoms with Crippen LogP contribution in [0.5, 0.6) is 0 Å². The molecular weight excluding hydrogens is 520 g/mol. The topological polar surface area (TPSA) is 88.1 Å². The number of unbranched alkanes of at least 4 members (excludes halogenated alkanes) is 4. The first-order valence-electron chi connectivity index (χ1n) is 14.1. The maximum absolute atomic E-state index is 13.4. The number of halogens is 1. The third-order valence-corrected chi connectivity index (χ3v) is 7.08. The van der Waals surface area contributed by atoms with E-state index in [-0.39, 0.29) is 30.1 Å². The van der Waals surface area contributed by atoms with Gasteiger partial charge in [0.2, 0.25) is 5.60 Å². The second kappa shape index (κ2) is 14.3. The number of hydrogen-bond donors (Lipinski definition) is 0. The molecule has 0 radical (unpaired) electrons. The molecule has 8 heteroatoms. The Kier molecular flexibility index (Phi) is 12.0. The largest absolute Gasteiger partial charge is 0.488 e. The van der Waals surface area contributed by atoms with Gasteiger partial charge in [-0.2, -0.15) is 0 Å². The van der Waals surface area contributed by atoms with Gasteiger partial charge in [-0.15, -0.1) is 0 Å². The lowest BCUT2D eigenvalue weighted by Gasteiger charge is -2.43. The van der Waals surface area contributed by atoms with E-state index in [4.69, 9.17) is 30.5 Å². The molecule has 1 aromatic carbocycles. The molecule has 39 heavy (non-hydrogen) atoms. The number of hydrogen-bond acceptors (Lipinski definition) is 7. The van der Waals surface area contributed by atoms with Crippen LogP contribution in [0, 0.1) is 5.41 Å². The van der Waals surface area contributed by atoms with Crippen molar-refractivity contribution in [2.45, 2.75) is 124 Å². The molecule has 2 atom stereocenters. The van der Waals surface area contributed by atoms with Crippen LogP contribution >= 0.6 is 11.6 Å². The standard InChI is InChI=1S/C31H45ClO7/c1-9-11-12-13-14-15-25(34)38-26-23-18-22(32)16-17-24(23)31(19-33,39-29(35)30(7,8)10-2)28(37-21(5)6)27(26)36-20(3)4/h16-21,28H,9-15H2,1-8H3. The quantitative estimate of drug-likeness (QED) is 0.124. The fourth-order valence-corrected chi connectivity index (χ4v) is 4.45. The zero-order chi connectivity index (χ0) is 29.4. The number of rotatable bonds is 15. The molecule has 7 nitrogen and oxygen atoms in total. The number of carbonyl (C=O) groups is 3. The van der Waals surface area contributed by atoms with Crippen LogP contribution in [-0.4, -0.2) is 36.5 Å². The molecule has 1 aromatic rings. The van der Waals surface area contributed by atoms with Crippen molar-refractivity contribution in [2.24, 2.45) is 5.41 Å². The zero-order valence-corrected chi connectivity index (χ0v) is 25.5. The molecule has 0 amide bonds. The van der Waals surface area contributed by atoms with Gasteiger partial charge in [-0.1, -0.05) is 57.2 Å². The van der Waals surface area contributed by atoms with E-state index < -0.39 is 29.1 Å². The molecule has 0 aromatic heterocycles. The van der Waals surface area contributed by atoms with Gasteiger partial charge in [-0.3, -0.25) is 14.4 Å². The van der Waals surface area contributed by atoms with Gasteiger partial charge in [-0.25, -0.2) is 0 Å². The molecule has 0 spiro atoms. The van der Waals surface area contributed by atoms with E-state index in [9.17, 15) is 14.4 Å². The highest BCUT2D eigenvalue weighted by molar-refractivity contribution is 6.30. The molecule has 0 fully saturated rings. The number of esters is 2. The molecule has 0 bridgehead atoms. The van der Waals surface area contributed by atoms with Crippen molar-refractivity contribution in [3.8, 4) is 0 Å². The van der Waals surface area contributed by atoms with Gasteiger partial charge >= 0.3 is 11.9 Å². The summed E-state index contributed by atoms with van der Waals surface area (Å²) in [5.74, 6) is -0.759. The maximum Gasteiger partial charge on any atom is 0.312 e. The second-order valence-corrected chi connectivity index (χ2v) is 11.7. The van der Waals surface area contributed by atoms with Crippen molar-refractivity contribution in [1.29, 1.82) is 0 Å². The predicted octanol–water partition coefficient (Wildman–Crippen LogP) is 7.52. The first kappa shape index (κ1) is 32.8. The molecule has 0 saturated heterocycles. The van der Waals surface area contributed by atoms with Crippen molar-refractivity contribution >= 4 is 35.6 Å². The van der Waals surface area contributed by atoms with Crippen molar-refractivity contribution in [3.05, 3.63) is 40.1 Å². The average Bonchev–Trinajstić information content (AvgIpc) is 2.87. The molecular formula is C31H45ClO7. The van der Waals surface area contributed by atoms with E-state index >= 15 is 0 Å². The van der Waals surface area contributed by atoms with Crippen molar-refractivity contribution in [2.75, 3.05) is 0 Å². The molecule has 1 aliphatic carbocycles. The van der Waals surface area contributed by atoms with Gasteiger partial charge in [0, 0.05) is 22.6 Å². The Bertz CT molecular complexity index is 1040. The van der Waals surface area contributed by atoms with Gasteiger partial charge < -0.3 is 18.9 Å². The van der Waals surface area contributed by atoms with Gasteiger partial charge in [0.05, 0.1) is 17.6 Å². The van der Waals surface area contributed by atoms with Gasteiger partial charge in [0.25, 0.3) is 0 Å². The maximum atomic E-state index is 13.4. The summed E-state index contributed by atoms with van der Waals surface area (Å²) in [4.78, 5) is 39.5. The number of ether oxygens (including phenoxy) is 4. The van der Waals surface area contributed by atoms with E-state index in [1.807, 2.05) is 20.8 Å². The third kappa shape index (κ3) is 8.07. The molecule has 2 unspecified atom stereocenters. The smallest absolute Gasteiger partial charge is 0.312 e. The predicted molar refractivity (Wildman–Crippen MR) is 152 cm³/mol. The lowest BCUT2D eigenvalue weighted by atomic mass is 9.78. The Morgan fingerprint density at radius 1 is 1.05 bits per heavy atom. The molecule has 0 saturated carbocycles. The van der Waals surface area contributed by atoms with Gasteiger partial charge in [0.15, 0.2) is 23.9 Å². The molecule has 0 aliphatic heterocycles. The summed E-state index contributed by atoms with van der Waals surface area (Å²) in [5.41, 5.74) is -2.10. The molecule has 1 aliphatic rings. The molecule has 0 heterocycles. The van der Waals surface area contributed by atoms with Gasteiger partial charge in [-0.05, 0) is 66.5 Å². The van der Waals surface area contributed by atoms with Gasteiger partial charge in [0.1, 0.15) is 0 Å². The SMILES string of the molecule is CCCCCCCC(=O)OC1=C(OC(C)C)C(OC(C)C)C(C=O)(OC(=O)C(C)(C)CC)c2ccc(Cl)cc21. The van der Waals surface area contributed by atoms with Crippen molar-refractivity contribution < 1.29 is 33.3 Å². The van der Waals surface area contributed by atoms with E-state index in [1.54, 1.807) is 45.9 Å². The number of aldehydes is 1. The van der Waals surface area contributed by atoms with Crippen LogP contribution in [0.25, 0.3) is 5.76 Å². The first-order valence-corrected chi connectivity index (χ1v) is 14.5. The van der Waals surface area contributed by atoms with Crippen LogP contribution in [-0.2, 0) is 38.9 Å². The highest BCUT2D eigenvalue weighted by atomic mass is 35.5. The zero-order valence-electron chi connectivity index (χ0n) is 24.7. The Labute approximate surface area is 238 Å². The Balaban J connectivity index is 2.72. The van der Waals surface area contributed by atoms with E-state index in [2.05, 4.69) is 6.92 Å². The fraction of sp³-hybridized carbons (Fsp3) is 0.645. The summed E-state index contributed by atoms with van der Waals surface area (Å²) in [7, 11) is 0. The monoisotopic (exact) mass is 564 g/mol. The fourth-order valence-electron chi connectivity index (χ4n) is 4.27. The Morgan fingerprint density at radius 3 is 2.28 bits per heavy atom. The van der Waals surface area contributed by atoms with Crippen LogP contribution in [0.1, 0.15) is 111 Å². The van der Waals surface area contributed by atoms with Crippen LogP contribution in [0.3, 0.4) is 0 Å². The summed E-state index contributed by atoms with van der Waals surface area (Å²) in [6, 6.07) is 4.80. The van der Waals surface area contributed by atoms with E-state index in [0.717, 1.165) is 25.7 Å². The molecule has 2 rings (SSSR count). The summed E-state index contributed by atoms with van der Waals surface area (Å²) in [5, 5.41) is 0.356. The second-order valence-electron chi connectivity index (χ2n) is 11.3. The summed E-state index contributed by atoms with van der Waals surface area (Å²) in [6.45, 7) is 14.8. The number of carbonyl (C=O) groups excluding carboxylic acids is 3. The number of benzene rings is 1. The lowest BCUT2D eigenvalue weighted by molar-refractivity contribution is -0.195. The van der Waals surface area contributed by atoms with Crippen molar-refractivity contribution in [3.63, 3.8) is 0 Å². The Hall–Kier alpha value is -2.38. The first-order chi connectivity index (χ1) is 18.3. The average molecular weight is 565 g/mol. The summed E-state index contributed by atoms with van der Waals surface area (Å²) >= 11 is 6.39. The minimum absolute atomic E-state index is 0.113. The highest BCUT2D eigenvalue weighted by Gasteiger charge is 2.56. The Morgan fingerprint density at radius 2 is 1.72 bits per heavy atom. The highest BCUT2D eigenvalue weighted by Crippen LogP contribution is 2.48. The minimum Gasteiger partial charge on any atom is -0.488 e. The summed E-state index contributed by atoms with van der Waals surface area (Å²) < 4.78 is 24.5. The normalized spacial score (nSPS) is 19.2. The van der Waals surface area contributed by atoms with E-state index in [1.165, 1.54) is 0 Å². The van der Waals surface area contributed by atoms with Crippen LogP contribution in [0.15, 0.2) is 24.0 Å². The van der Waals surface area contributed by atoms with Crippen LogP contribution in [0.2, 0.25) is 5.02 Å². The lowest BCUT2D eigenvalue weighted by Crippen LogP contribution is -2.53. The van der Waals surface area contributed by atoms with E-state index in [0.29, 0.717) is 35.3 Å². The van der Waals surface area contributed by atoms with Crippen molar-refractivity contribution in [1.82, 2.24) is 0 Å².